The molecule has 0 heterocycles. The maximum atomic E-state index is 11.0. The summed E-state index contributed by atoms with van der Waals surface area (Å²) < 4.78 is 4.49. The van der Waals surface area contributed by atoms with Gasteiger partial charge in [-0.15, -0.1) is 0 Å². The number of carbonyl (C=O) groups excluding carboxylic acids is 1. The Labute approximate surface area is 85.6 Å². The summed E-state index contributed by atoms with van der Waals surface area (Å²) in [5, 5.41) is 25.3. The molecule has 0 aromatic heterocycles. The zero-order valence-corrected chi connectivity index (χ0v) is 7.92. The average molecular weight is 222 g/mol. The van der Waals surface area contributed by atoms with Gasteiger partial charge in [-0.3, -0.25) is 9.59 Å². The molecule has 0 saturated carbocycles. The van der Waals surface area contributed by atoms with Gasteiger partial charge in [0.1, 0.15) is 12.6 Å². The van der Waals surface area contributed by atoms with Crippen molar-refractivity contribution in [2.24, 2.45) is 5.73 Å². The number of hydroxylamine groups is 1. The molecule has 0 amide bonds. The number of aliphatic hydroxyl groups excluding tert-OH is 1. The number of aliphatic carboxylic acids is 1. The summed E-state index contributed by atoms with van der Waals surface area (Å²) in [5.74, 6) is -2.19. The molecular formula is C7H14N2O6. The van der Waals surface area contributed by atoms with Crippen molar-refractivity contribution >= 4 is 11.9 Å². The Hall–Kier alpha value is -1.22. The van der Waals surface area contributed by atoms with E-state index in [1.165, 1.54) is 5.48 Å². The predicted molar refractivity (Wildman–Crippen MR) is 47.0 cm³/mol. The van der Waals surface area contributed by atoms with Crippen LogP contribution in [0.3, 0.4) is 0 Å². The van der Waals surface area contributed by atoms with E-state index in [4.69, 9.17) is 21.2 Å². The number of nitrogens with two attached hydrogens (primary N) is 1. The minimum absolute atomic E-state index is 0.0309. The predicted octanol–water partition coefficient (Wildman–Crippen LogP) is -2.33. The molecule has 0 aromatic rings. The SMILES string of the molecule is N[C@@H](CCO)C(=O)OC[C@H](NO)C(=O)O. The van der Waals surface area contributed by atoms with Crippen molar-refractivity contribution in [3.63, 3.8) is 0 Å². The molecule has 8 heteroatoms. The molecule has 0 radical (unpaired) electrons. The molecule has 0 aliphatic carbocycles. The second-order valence-electron chi connectivity index (χ2n) is 2.77. The highest BCUT2D eigenvalue weighted by molar-refractivity contribution is 5.77. The standard InChI is InChI=1S/C7H14N2O6/c8-4(1-2-10)7(13)15-3-5(9-14)6(11)12/h4-5,9-10,14H,1-3,8H2,(H,11,12)/t4-,5-/m0/s1. The number of carboxylic acid groups (broad SMARTS) is 1. The van der Waals surface area contributed by atoms with Gasteiger partial charge in [-0.05, 0) is 6.42 Å². The molecular weight excluding hydrogens is 208 g/mol. The summed E-state index contributed by atoms with van der Waals surface area (Å²) in [7, 11) is 0. The third kappa shape index (κ3) is 5.27. The Kier molecular flexibility index (Phi) is 6.54. The fourth-order valence-corrected chi connectivity index (χ4v) is 0.693. The number of rotatable bonds is 7. The fraction of sp³-hybridized carbons (Fsp3) is 0.714. The first-order valence-electron chi connectivity index (χ1n) is 4.18. The molecule has 0 rings (SSSR count). The van der Waals surface area contributed by atoms with E-state index in [0.29, 0.717) is 0 Å². The molecule has 0 aromatic carbocycles. The molecule has 8 nitrogen and oxygen atoms in total. The van der Waals surface area contributed by atoms with Crippen LogP contribution in [0.4, 0.5) is 0 Å². The molecule has 6 N–H and O–H groups in total. The van der Waals surface area contributed by atoms with Crippen molar-refractivity contribution in [1.29, 1.82) is 0 Å². The van der Waals surface area contributed by atoms with Gasteiger partial charge in [0.05, 0.1) is 0 Å². The van der Waals surface area contributed by atoms with E-state index in [1.54, 1.807) is 0 Å². The minimum atomic E-state index is -1.39. The summed E-state index contributed by atoms with van der Waals surface area (Å²) in [5.41, 5.74) is 6.73. The Morgan fingerprint density at radius 3 is 2.47 bits per heavy atom. The third-order valence-corrected chi connectivity index (χ3v) is 1.59. The molecule has 0 fully saturated rings. The third-order valence-electron chi connectivity index (χ3n) is 1.59. The molecule has 15 heavy (non-hydrogen) atoms. The molecule has 0 aliphatic heterocycles. The number of carboxylic acids is 1. The number of ether oxygens (including phenoxy) is 1. The van der Waals surface area contributed by atoms with Crippen LogP contribution >= 0.6 is 0 Å². The summed E-state index contributed by atoms with van der Waals surface area (Å²) in [6, 6.07) is -2.39. The van der Waals surface area contributed by atoms with Crippen molar-refractivity contribution < 1.29 is 29.7 Å². The van der Waals surface area contributed by atoms with Crippen molar-refractivity contribution in [3.8, 4) is 0 Å². The number of carbonyl (C=O) groups is 2. The lowest BCUT2D eigenvalue weighted by atomic mass is 10.2. The van der Waals surface area contributed by atoms with Crippen molar-refractivity contribution in [2.75, 3.05) is 13.2 Å². The lowest BCUT2D eigenvalue weighted by Crippen LogP contribution is -2.41. The van der Waals surface area contributed by atoms with Crippen molar-refractivity contribution in [3.05, 3.63) is 0 Å². The van der Waals surface area contributed by atoms with E-state index in [-0.39, 0.29) is 13.0 Å². The van der Waals surface area contributed by atoms with Crippen molar-refractivity contribution in [1.82, 2.24) is 5.48 Å². The van der Waals surface area contributed by atoms with Crippen LogP contribution in [0, 0.1) is 0 Å². The van der Waals surface area contributed by atoms with Crippen LogP contribution < -0.4 is 11.2 Å². The van der Waals surface area contributed by atoms with E-state index in [2.05, 4.69) is 4.74 Å². The van der Waals surface area contributed by atoms with Crippen LogP contribution in [0.25, 0.3) is 0 Å². The highest BCUT2D eigenvalue weighted by atomic mass is 16.5. The molecule has 0 bridgehead atoms. The molecule has 0 unspecified atom stereocenters. The lowest BCUT2D eigenvalue weighted by Gasteiger charge is -2.13. The van der Waals surface area contributed by atoms with E-state index in [0.717, 1.165) is 0 Å². The van der Waals surface area contributed by atoms with Gasteiger partial charge >= 0.3 is 11.9 Å². The molecule has 2 atom stereocenters. The normalized spacial score (nSPS) is 14.3. The van der Waals surface area contributed by atoms with Crippen LogP contribution in [-0.2, 0) is 14.3 Å². The van der Waals surface area contributed by atoms with E-state index in [9.17, 15) is 9.59 Å². The summed E-state index contributed by atoms with van der Waals surface area (Å²) in [6.45, 7) is -0.805. The van der Waals surface area contributed by atoms with Gasteiger partial charge in [0, 0.05) is 6.61 Å². The molecule has 0 spiro atoms. The van der Waals surface area contributed by atoms with Gasteiger partial charge in [0.25, 0.3) is 0 Å². The largest absolute Gasteiger partial charge is 0.480 e. The number of aliphatic hydroxyl groups is 1. The van der Waals surface area contributed by atoms with Gasteiger partial charge in [-0.2, -0.15) is 5.48 Å². The number of nitrogens with one attached hydrogen (secondary N) is 1. The van der Waals surface area contributed by atoms with E-state index < -0.39 is 30.6 Å². The topological polar surface area (TPSA) is 142 Å². The Balaban J connectivity index is 3.92. The summed E-state index contributed by atoms with van der Waals surface area (Å²) >= 11 is 0. The van der Waals surface area contributed by atoms with Crippen LogP contribution in [0.1, 0.15) is 6.42 Å². The zero-order chi connectivity index (χ0) is 11.8. The van der Waals surface area contributed by atoms with E-state index in [1.807, 2.05) is 0 Å². The van der Waals surface area contributed by atoms with Gasteiger partial charge in [0.15, 0.2) is 6.04 Å². The van der Waals surface area contributed by atoms with Gasteiger partial charge in [-0.25, -0.2) is 0 Å². The summed E-state index contributed by atoms with van der Waals surface area (Å²) in [4.78, 5) is 21.4. The van der Waals surface area contributed by atoms with Crippen LogP contribution in [0.2, 0.25) is 0 Å². The lowest BCUT2D eigenvalue weighted by molar-refractivity contribution is -0.152. The summed E-state index contributed by atoms with van der Waals surface area (Å²) in [6.07, 6.45) is 0.0309. The zero-order valence-electron chi connectivity index (χ0n) is 7.92. The Morgan fingerprint density at radius 2 is 2.07 bits per heavy atom. The van der Waals surface area contributed by atoms with Crippen molar-refractivity contribution in [2.45, 2.75) is 18.5 Å². The van der Waals surface area contributed by atoms with Crippen LogP contribution in [0.5, 0.6) is 0 Å². The minimum Gasteiger partial charge on any atom is -0.480 e. The highest BCUT2D eigenvalue weighted by Crippen LogP contribution is 1.93. The fourth-order valence-electron chi connectivity index (χ4n) is 0.693. The smallest absolute Gasteiger partial charge is 0.326 e. The first-order valence-corrected chi connectivity index (χ1v) is 4.18. The van der Waals surface area contributed by atoms with E-state index >= 15 is 0 Å². The highest BCUT2D eigenvalue weighted by Gasteiger charge is 2.21. The first-order chi connectivity index (χ1) is 7.02. The first kappa shape index (κ1) is 13.8. The van der Waals surface area contributed by atoms with Gasteiger partial charge in [0.2, 0.25) is 0 Å². The quantitative estimate of drug-likeness (QED) is 0.238. The monoisotopic (exact) mass is 222 g/mol. The molecule has 88 valence electrons. The number of hydrogen-bond acceptors (Lipinski definition) is 7. The Morgan fingerprint density at radius 1 is 1.47 bits per heavy atom. The second kappa shape index (κ2) is 7.12. The van der Waals surface area contributed by atoms with Gasteiger partial charge in [-0.1, -0.05) is 0 Å². The Bertz CT molecular complexity index is 222. The molecule has 0 saturated heterocycles. The second-order valence-corrected chi connectivity index (χ2v) is 2.77. The maximum absolute atomic E-state index is 11.0. The molecule has 0 aliphatic rings. The van der Waals surface area contributed by atoms with Crippen LogP contribution in [0.15, 0.2) is 0 Å². The number of esters is 1. The average Bonchev–Trinajstić information content (AvgIpc) is 2.18. The maximum Gasteiger partial charge on any atom is 0.326 e. The number of hydrogen-bond donors (Lipinski definition) is 5. The van der Waals surface area contributed by atoms with Gasteiger partial charge < -0.3 is 25.9 Å². The van der Waals surface area contributed by atoms with Crippen LogP contribution in [-0.4, -0.2) is 52.7 Å².